The van der Waals surface area contributed by atoms with E-state index < -0.39 is 0 Å². The summed E-state index contributed by atoms with van der Waals surface area (Å²) in [5.74, 6) is -0.598. The van der Waals surface area contributed by atoms with Gasteiger partial charge in [0.1, 0.15) is 0 Å². The SMILES string of the molecule is CCNC(=O)CN/C(O)=C\[N+]#N. The van der Waals surface area contributed by atoms with Crippen molar-refractivity contribution < 1.29 is 9.90 Å². The molecule has 0 unspecified atom stereocenters. The Labute approximate surface area is 69.9 Å². The third-order valence-corrected chi connectivity index (χ3v) is 0.984. The van der Waals surface area contributed by atoms with Crippen molar-refractivity contribution in [1.29, 1.82) is 5.39 Å². The molecule has 0 radical (unpaired) electrons. The summed E-state index contributed by atoms with van der Waals surface area (Å²) in [6.45, 7) is 2.28. The molecule has 66 valence electrons. The average Bonchev–Trinajstić information content (AvgIpc) is 2.02. The number of hydrogen-bond donors (Lipinski definition) is 3. The largest absolute Gasteiger partial charge is 0.490 e. The smallest absolute Gasteiger partial charge is 0.409 e. The molecule has 0 saturated heterocycles. The second kappa shape index (κ2) is 5.97. The first-order valence-electron chi connectivity index (χ1n) is 3.44. The van der Waals surface area contributed by atoms with Gasteiger partial charge in [0, 0.05) is 6.54 Å². The minimum atomic E-state index is -0.358. The zero-order valence-corrected chi connectivity index (χ0v) is 6.74. The van der Waals surface area contributed by atoms with Gasteiger partial charge in [-0.3, -0.25) is 4.79 Å². The maximum atomic E-state index is 10.7. The summed E-state index contributed by atoms with van der Waals surface area (Å²) in [7, 11) is 0. The van der Waals surface area contributed by atoms with Gasteiger partial charge >= 0.3 is 6.20 Å². The third-order valence-electron chi connectivity index (χ3n) is 0.984. The van der Waals surface area contributed by atoms with Crippen LogP contribution in [-0.2, 0) is 4.79 Å². The van der Waals surface area contributed by atoms with Crippen LogP contribution in [-0.4, -0.2) is 24.1 Å². The van der Waals surface area contributed by atoms with Crippen molar-refractivity contribution in [3.8, 4) is 0 Å². The number of carbonyl (C=O) groups is 1. The predicted octanol–water partition coefficient (Wildman–Crippen LogP) is -0.0779. The van der Waals surface area contributed by atoms with E-state index in [4.69, 9.17) is 10.5 Å². The van der Waals surface area contributed by atoms with Crippen LogP contribution in [0.25, 0.3) is 4.98 Å². The van der Waals surface area contributed by atoms with Gasteiger partial charge in [0.15, 0.2) is 4.98 Å². The first-order valence-corrected chi connectivity index (χ1v) is 3.44. The summed E-state index contributed by atoms with van der Waals surface area (Å²) in [6, 6.07) is 0. The first kappa shape index (κ1) is 10.2. The molecule has 0 rings (SSSR count). The Morgan fingerprint density at radius 3 is 2.83 bits per heavy atom. The molecule has 3 N–H and O–H groups in total. The van der Waals surface area contributed by atoms with Crippen molar-refractivity contribution in [2.45, 2.75) is 6.92 Å². The van der Waals surface area contributed by atoms with Crippen molar-refractivity contribution >= 4 is 5.91 Å². The van der Waals surface area contributed by atoms with Crippen LogP contribution in [0, 0.1) is 5.39 Å². The lowest BCUT2D eigenvalue weighted by Gasteiger charge is -2.01. The Kier molecular flexibility index (Phi) is 5.09. The molecular weight excluding hydrogens is 160 g/mol. The molecule has 0 aromatic heterocycles. The summed E-state index contributed by atoms with van der Waals surface area (Å²) in [4.78, 5) is 13.3. The van der Waals surface area contributed by atoms with Gasteiger partial charge in [-0.25, -0.2) is 0 Å². The zero-order valence-electron chi connectivity index (χ0n) is 6.74. The highest BCUT2D eigenvalue weighted by Gasteiger charge is 2.01. The van der Waals surface area contributed by atoms with Gasteiger partial charge < -0.3 is 15.7 Å². The van der Waals surface area contributed by atoms with E-state index >= 15 is 0 Å². The van der Waals surface area contributed by atoms with E-state index in [-0.39, 0.29) is 18.3 Å². The van der Waals surface area contributed by atoms with Gasteiger partial charge in [-0.15, -0.1) is 0 Å². The molecule has 0 saturated carbocycles. The standard InChI is InChI=1S/C6H10N4O2/c1-2-8-5(11)3-9-6(12)4-10-7/h4,9H,2-3H2,1H3,(H-,8,11,12)/p+1/b6-4+. The first-order chi connectivity index (χ1) is 5.70. The van der Waals surface area contributed by atoms with E-state index in [0.717, 1.165) is 6.20 Å². The quantitative estimate of drug-likeness (QED) is 0.407. The van der Waals surface area contributed by atoms with Crippen molar-refractivity contribution in [3.05, 3.63) is 17.1 Å². The molecule has 6 heteroatoms. The number of aliphatic hydroxyl groups excluding tert-OH is 1. The van der Waals surface area contributed by atoms with Crippen LogP contribution >= 0.6 is 0 Å². The van der Waals surface area contributed by atoms with Crippen molar-refractivity contribution in [1.82, 2.24) is 10.6 Å². The summed E-state index contributed by atoms with van der Waals surface area (Å²) < 4.78 is 0. The van der Waals surface area contributed by atoms with E-state index in [1.807, 2.05) is 0 Å². The molecule has 12 heavy (non-hydrogen) atoms. The van der Waals surface area contributed by atoms with Crippen LogP contribution in [0.3, 0.4) is 0 Å². The summed E-state index contributed by atoms with van der Waals surface area (Å²) in [5, 5.41) is 21.6. The number of carbonyl (C=O) groups excluding carboxylic acids is 1. The van der Waals surface area contributed by atoms with E-state index in [9.17, 15) is 4.79 Å². The van der Waals surface area contributed by atoms with Gasteiger partial charge in [-0.1, -0.05) is 0 Å². The van der Waals surface area contributed by atoms with Crippen LogP contribution in [0.15, 0.2) is 12.1 Å². The molecule has 0 aromatic carbocycles. The van der Waals surface area contributed by atoms with Gasteiger partial charge in [0.25, 0.3) is 5.88 Å². The number of rotatable bonds is 4. The molecular formula is C6H11N4O2+. The number of likely N-dealkylation sites (N-methyl/N-ethyl adjacent to an activating group) is 1. The Balaban J connectivity index is 3.63. The number of aliphatic hydroxyl groups is 1. The molecule has 0 heterocycles. The molecule has 0 fully saturated rings. The number of hydrogen-bond acceptors (Lipinski definition) is 4. The molecule has 1 amide bonds. The van der Waals surface area contributed by atoms with Gasteiger partial charge in [0.05, 0.1) is 6.54 Å². The Hall–Kier alpha value is -1.77. The summed E-state index contributed by atoms with van der Waals surface area (Å²) >= 11 is 0. The lowest BCUT2D eigenvalue weighted by molar-refractivity contribution is -0.120. The highest BCUT2D eigenvalue weighted by molar-refractivity contribution is 5.78. The monoisotopic (exact) mass is 171 g/mol. The van der Waals surface area contributed by atoms with Crippen LogP contribution in [0.1, 0.15) is 6.92 Å². The molecule has 6 nitrogen and oxygen atoms in total. The zero-order chi connectivity index (χ0) is 9.40. The van der Waals surface area contributed by atoms with E-state index in [1.165, 1.54) is 0 Å². The fourth-order valence-corrected chi connectivity index (χ4v) is 0.531. The van der Waals surface area contributed by atoms with E-state index in [1.54, 1.807) is 6.92 Å². The van der Waals surface area contributed by atoms with E-state index in [2.05, 4.69) is 15.6 Å². The molecule has 0 atom stereocenters. The maximum Gasteiger partial charge on any atom is 0.409 e. The maximum absolute atomic E-state index is 10.7. The summed E-state index contributed by atoms with van der Waals surface area (Å²) in [5.41, 5.74) is 0. The normalized spacial score (nSPS) is 10.2. The summed E-state index contributed by atoms with van der Waals surface area (Å²) in [6.07, 6.45) is 0.791. The average molecular weight is 171 g/mol. The Morgan fingerprint density at radius 1 is 1.67 bits per heavy atom. The van der Waals surface area contributed by atoms with Crippen LogP contribution in [0.2, 0.25) is 0 Å². The highest BCUT2D eigenvalue weighted by Crippen LogP contribution is 1.80. The van der Waals surface area contributed by atoms with Crippen molar-refractivity contribution in [2.24, 2.45) is 0 Å². The second-order valence-corrected chi connectivity index (χ2v) is 1.94. The highest BCUT2D eigenvalue weighted by atomic mass is 16.3. The minimum Gasteiger partial charge on any atom is -0.490 e. The molecule has 0 aromatic rings. The fraction of sp³-hybridized carbons (Fsp3) is 0.500. The third kappa shape index (κ3) is 5.05. The van der Waals surface area contributed by atoms with Gasteiger partial charge in [-0.05, 0) is 6.92 Å². The lowest BCUT2D eigenvalue weighted by atomic mass is 10.5. The molecule has 0 aliphatic rings. The number of nitrogens with one attached hydrogen (secondary N) is 2. The van der Waals surface area contributed by atoms with Crippen LogP contribution in [0.4, 0.5) is 0 Å². The minimum absolute atomic E-state index is 0.0499. The fourth-order valence-electron chi connectivity index (χ4n) is 0.531. The predicted molar refractivity (Wildman–Crippen MR) is 42.5 cm³/mol. The lowest BCUT2D eigenvalue weighted by Crippen LogP contribution is -2.33. The topological polar surface area (TPSA) is 89.5 Å². The van der Waals surface area contributed by atoms with Crippen molar-refractivity contribution in [3.63, 3.8) is 0 Å². The van der Waals surface area contributed by atoms with Crippen LogP contribution in [0.5, 0.6) is 0 Å². The van der Waals surface area contributed by atoms with Crippen molar-refractivity contribution in [2.75, 3.05) is 13.1 Å². The number of nitrogens with zero attached hydrogens (tertiary/aromatic N) is 2. The van der Waals surface area contributed by atoms with Gasteiger partial charge in [0.2, 0.25) is 11.3 Å². The number of amides is 1. The molecule has 0 aliphatic heterocycles. The molecule has 0 bridgehead atoms. The number of diazo groups is 1. The van der Waals surface area contributed by atoms with Gasteiger partial charge in [-0.2, -0.15) is 0 Å². The van der Waals surface area contributed by atoms with E-state index in [0.29, 0.717) is 6.54 Å². The molecule has 0 aliphatic carbocycles. The van der Waals surface area contributed by atoms with Crippen LogP contribution < -0.4 is 10.6 Å². The Bertz CT molecular complexity index is 218. The Morgan fingerprint density at radius 2 is 2.33 bits per heavy atom. The molecule has 0 spiro atoms. The second-order valence-electron chi connectivity index (χ2n) is 1.94.